The van der Waals surface area contributed by atoms with Crippen LogP contribution in [0.5, 0.6) is 0 Å². The summed E-state index contributed by atoms with van der Waals surface area (Å²) in [7, 11) is 0. The number of hydrogen-bond acceptors (Lipinski definition) is 1. The number of hydrogen-bond donors (Lipinski definition) is 0. The van der Waals surface area contributed by atoms with Crippen LogP contribution in [-0.4, -0.2) is 22.4 Å². The Morgan fingerprint density at radius 1 is 1.29 bits per heavy atom. The average Bonchev–Trinajstić information content (AvgIpc) is 3.19. The van der Waals surface area contributed by atoms with Gasteiger partial charge in [-0.05, 0) is 43.9 Å². The minimum absolute atomic E-state index is 0.0916. The molecule has 3 fully saturated rings. The molecule has 0 saturated heterocycles. The fourth-order valence-corrected chi connectivity index (χ4v) is 3.70. The highest BCUT2D eigenvalue weighted by Gasteiger charge is 2.65. The lowest BCUT2D eigenvalue weighted by Crippen LogP contribution is -2.46. The molecule has 0 radical (unpaired) electrons. The van der Waals surface area contributed by atoms with Gasteiger partial charge in [0.15, 0.2) is 0 Å². The molecule has 0 N–H and O–H groups in total. The molecule has 0 spiro atoms. The summed E-state index contributed by atoms with van der Waals surface area (Å²) < 4.78 is 0. The molecule has 17 heavy (non-hydrogen) atoms. The van der Waals surface area contributed by atoms with E-state index in [1.165, 1.54) is 25.7 Å². The van der Waals surface area contributed by atoms with E-state index >= 15 is 0 Å². The van der Waals surface area contributed by atoms with Gasteiger partial charge in [-0.3, -0.25) is 4.79 Å². The standard InChI is InChI=1S/C15H23NO/c1-4-14(7-11(14)2)16(10-17)15(8-12(15)3)9-13-5-6-13/h9-12H,4-8H2,1-3H3/t11-,12-,14-,15+/m1/s1. The first-order valence-corrected chi connectivity index (χ1v) is 7.04. The molecule has 0 aromatic rings. The average molecular weight is 233 g/mol. The van der Waals surface area contributed by atoms with Crippen LogP contribution in [0.2, 0.25) is 0 Å². The second-order valence-electron chi connectivity index (χ2n) is 6.44. The van der Waals surface area contributed by atoms with E-state index in [-0.39, 0.29) is 11.1 Å². The molecule has 3 saturated carbocycles. The minimum atomic E-state index is 0.0916. The normalized spacial score (nSPS) is 46.4. The fraction of sp³-hybridized carbons (Fsp3) is 0.800. The lowest BCUT2D eigenvalue weighted by molar-refractivity contribution is -0.124. The lowest BCUT2D eigenvalue weighted by atomic mass is 10.0. The van der Waals surface area contributed by atoms with Crippen molar-refractivity contribution in [2.45, 2.75) is 64.0 Å². The van der Waals surface area contributed by atoms with Gasteiger partial charge in [-0.25, -0.2) is 0 Å². The SMILES string of the molecule is CC[C@@]1(N(C=O)[C@]2(C=C3CC3)C[C@H]2C)C[C@H]1C. The highest BCUT2D eigenvalue weighted by atomic mass is 16.1. The summed E-state index contributed by atoms with van der Waals surface area (Å²) in [6.07, 6.45) is 9.55. The summed E-state index contributed by atoms with van der Waals surface area (Å²) in [4.78, 5) is 13.8. The molecule has 3 rings (SSSR count). The van der Waals surface area contributed by atoms with Crippen LogP contribution in [0, 0.1) is 11.8 Å². The van der Waals surface area contributed by atoms with Crippen molar-refractivity contribution in [2.24, 2.45) is 11.8 Å². The highest BCUT2D eigenvalue weighted by Crippen LogP contribution is 2.61. The molecule has 3 aliphatic rings. The summed E-state index contributed by atoms with van der Waals surface area (Å²) in [6, 6.07) is 0. The molecule has 3 aliphatic carbocycles. The van der Waals surface area contributed by atoms with E-state index in [2.05, 4.69) is 31.7 Å². The number of carbonyl (C=O) groups is 1. The second kappa shape index (κ2) is 3.37. The van der Waals surface area contributed by atoms with E-state index in [1.54, 1.807) is 5.57 Å². The van der Waals surface area contributed by atoms with Crippen LogP contribution in [0.25, 0.3) is 0 Å². The summed E-state index contributed by atoms with van der Waals surface area (Å²) in [5.41, 5.74) is 1.84. The Morgan fingerprint density at radius 2 is 1.88 bits per heavy atom. The van der Waals surface area contributed by atoms with Gasteiger partial charge >= 0.3 is 0 Å². The van der Waals surface area contributed by atoms with E-state index in [0.717, 1.165) is 12.8 Å². The zero-order valence-corrected chi connectivity index (χ0v) is 11.2. The van der Waals surface area contributed by atoms with Crippen molar-refractivity contribution in [1.82, 2.24) is 4.90 Å². The molecule has 0 unspecified atom stereocenters. The topological polar surface area (TPSA) is 20.3 Å². The first kappa shape index (κ1) is 11.3. The number of amides is 1. The van der Waals surface area contributed by atoms with Crippen LogP contribution < -0.4 is 0 Å². The van der Waals surface area contributed by atoms with Crippen LogP contribution in [0.1, 0.15) is 52.9 Å². The van der Waals surface area contributed by atoms with E-state index in [4.69, 9.17) is 0 Å². The third-order valence-corrected chi connectivity index (χ3v) is 5.38. The molecule has 4 atom stereocenters. The van der Waals surface area contributed by atoms with Gasteiger partial charge in [0.05, 0.1) is 5.54 Å². The molecule has 94 valence electrons. The van der Waals surface area contributed by atoms with Crippen LogP contribution in [0.4, 0.5) is 0 Å². The Hall–Kier alpha value is -0.790. The maximum absolute atomic E-state index is 11.6. The molecule has 1 amide bonds. The lowest BCUT2D eigenvalue weighted by Gasteiger charge is -2.36. The summed E-state index contributed by atoms with van der Waals surface area (Å²) in [5.74, 6) is 1.33. The van der Waals surface area contributed by atoms with Crippen LogP contribution in [0.3, 0.4) is 0 Å². The van der Waals surface area contributed by atoms with Crippen LogP contribution in [0.15, 0.2) is 11.6 Å². The zero-order chi connectivity index (χ0) is 12.3. The molecular weight excluding hydrogens is 210 g/mol. The third kappa shape index (κ3) is 1.49. The molecule has 0 aromatic carbocycles. The molecule has 0 aliphatic heterocycles. The number of carbonyl (C=O) groups excluding carboxylic acids is 1. The van der Waals surface area contributed by atoms with Crippen molar-refractivity contribution in [3.63, 3.8) is 0 Å². The van der Waals surface area contributed by atoms with Gasteiger partial charge in [0.2, 0.25) is 6.41 Å². The second-order valence-corrected chi connectivity index (χ2v) is 6.44. The predicted octanol–water partition coefficient (Wildman–Crippen LogP) is 3.13. The first-order chi connectivity index (χ1) is 8.09. The first-order valence-electron chi connectivity index (χ1n) is 7.04. The van der Waals surface area contributed by atoms with E-state index in [0.29, 0.717) is 11.8 Å². The smallest absolute Gasteiger partial charge is 0.210 e. The fourth-order valence-electron chi connectivity index (χ4n) is 3.70. The molecule has 2 heteroatoms. The van der Waals surface area contributed by atoms with E-state index in [1.807, 2.05) is 0 Å². The Labute approximate surface area is 104 Å². The van der Waals surface area contributed by atoms with Crippen molar-refractivity contribution in [3.05, 3.63) is 11.6 Å². The van der Waals surface area contributed by atoms with Crippen LogP contribution >= 0.6 is 0 Å². The van der Waals surface area contributed by atoms with Gasteiger partial charge in [0.25, 0.3) is 0 Å². The van der Waals surface area contributed by atoms with E-state index in [9.17, 15) is 4.79 Å². The van der Waals surface area contributed by atoms with Crippen molar-refractivity contribution >= 4 is 6.41 Å². The number of rotatable bonds is 5. The van der Waals surface area contributed by atoms with E-state index < -0.39 is 0 Å². The van der Waals surface area contributed by atoms with Gasteiger partial charge in [0.1, 0.15) is 0 Å². The molecule has 0 bridgehead atoms. The van der Waals surface area contributed by atoms with Crippen molar-refractivity contribution in [3.8, 4) is 0 Å². The Kier molecular flexibility index (Phi) is 2.24. The largest absolute Gasteiger partial charge is 0.330 e. The molecule has 0 heterocycles. The van der Waals surface area contributed by atoms with Crippen LogP contribution in [-0.2, 0) is 4.79 Å². The van der Waals surface area contributed by atoms with Gasteiger partial charge in [-0.15, -0.1) is 0 Å². The summed E-state index contributed by atoms with van der Waals surface area (Å²) in [6.45, 7) is 6.79. The summed E-state index contributed by atoms with van der Waals surface area (Å²) in [5, 5.41) is 0. The van der Waals surface area contributed by atoms with Gasteiger partial charge in [0, 0.05) is 5.54 Å². The maximum Gasteiger partial charge on any atom is 0.210 e. The maximum atomic E-state index is 11.6. The van der Waals surface area contributed by atoms with Crippen molar-refractivity contribution < 1.29 is 4.79 Å². The number of allylic oxidation sites excluding steroid dienone is 1. The quantitative estimate of drug-likeness (QED) is 0.528. The number of nitrogens with zero attached hydrogens (tertiary/aromatic N) is 1. The van der Waals surface area contributed by atoms with Crippen molar-refractivity contribution in [1.29, 1.82) is 0 Å². The van der Waals surface area contributed by atoms with Gasteiger partial charge in [-0.2, -0.15) is 0 Å². The zero-order valence-electron chi connectivity index (χ0n) is 11.2. The Bertz CT molecular complexity index is 378. The minimum Gasteiger partial charge on any atom is -0.330 e. The highest BCUT2D eigenvalue weighted by molar-refractivity contribution is 5.57. The van der Waals surface area contributed by atoms with Crippen molar-refractivity contribution in [2.75, 3.05) is 0 Å². The predicted molar refractivity (Wildman–Crippen MR) is 68.5 cm³/mol. The monoisotopic (exact) mass is 233 g/mol. The Morgan fingerprint density at radius 3 is 2.18 bits per heavy atom. The van der Waals surface area contributed by atoms with Gasteiger partial charge in [-0.1, -0.05) is 32.4 Å². The summed E-state index contributed by atoms with van der Waals surface area (Å²) >= 11 is 0. The third-order valence-electron chi connectivity index (χ3n) is 5.38. The molecule has 0 aromatic heterocycles. The molecule has 2 nitrogen and oxygen atoms in total. The Balaban J connectivity index is 1.90. The molecular formula is C15H23NO. The van der Waals surface area contributed by atoms with Gasteiger partial charge < -0.3 is 4.90 Å².